The molecule has 1 atom stereocenters. The van der Waals surface area contributed by atoms with Gasteiger partial charge in [-0.1, -0.05) is 25.3 Å². The summed E-state index contributed by atoms with van der Waals surface area (Å²) in [6.45, 7) is 0. The molecule has 0 aromatic heterocycles. The van der Waals surface area contributed by atoms with E-state index >= 15 is 0 Å². The molecule has 0 aromatic rings. The van der Waals surface area contributed by atoms with E-state index < -0.39 is 12.1 Å². The highest BCUT2D eigenvalue weighted by Gasteiger charge is 2.38. The first kappa shape index (κ1) is 13.6. The molecule has 0 heterocycles. The molecule has 0 spiro atoms. The zero-order chi connectivity index (χ0) is 11.9. The molecule has 93 valence electrons. The third kappa shape index (κ3) is 5.57. The first-order valence-corrected chi connectivity index (χ1v) is 6.22. The normalized spacial score (nSPS) is 27.8. The predicted molar refractivity (Wildman–Crippen MR) is 58.9 cm³/mol. The lowest BCUT2D eigenvalue weighted by Gasteiger charge is -2.20. The lowest BCUT2D eigenvalue weighted by molar-refractivity contribution is -0.178. The van der Waals surface area contributed by atoms with Crippen LogP contribution >= 0.6 is 0 Å². The van der Waals surface area contributed by atoms with E-state index in [1.165, 1.54) is 0 Å². The van der Waals surface area contributed by atoms with Gasteiger partial charge in [0.1, 0.15) is 0 Å². The van der Waals surface area contributed by atoms with Gasteiger partial charge in [0.2, 0.25) is 0 Å². The van der Waals surface area contributed by atoms with Crippen LogP contribution in [0.4, 0.5) is 13.2 Å². The molecule has 0 N–H and O–H groups in total. The van der Waals surface area contributed by atoms with Crippen molar-refractivity contribution in [2.75, 3.05) is 0 Å². The molecule has 1 rings (SSSR count). The van der Waals surface area contributed by atoms with Gasteiger partial charge in [-0.15, -0.1) is 0 Å². The van der Waals surface area contributed by atoms with Crippen LogP contribution in [0.2, 0.25) is 0 Å². The summed E-state index contributed by atoms with van der Waals surface area (Å²) in [5, 5.41) is 0. The second kappa shape index (κ2) is 6.97. The zero-order valence-corrected chi connectivity index (χ0v) is 9.65. The molecular formula is C13H20F3. The summed E-state index contributed by atoms with van der Waals surface area (Å²) in [5.74, 6) is -1.09. The minimum absolute atomic E-state index is 0.268. The second-order valence-corrected chi connectivity index (χ2v) is 4.53. The van der Waals surface area contributed by atoms with Crippen LogP contribution in [0.3, 0.4) is 0 Å². The van der Waals surface area contributed by atoms with Gasteiger partial charge in [-0.3, -0.25) is 0 Å². The van der Waals surface area contributed by atoms with E-state index in [2.05, 4.69) is 6.08 Å². The molecule has 1 radical (unpaired) electrons. The fraction of sp³-hybridized carbons (Fsp3) is 0.846. The molecule has 3 heteroatoms. The molecule has 0 saturated heterocycles. The van der Waals surface area contributed by atoms with Gasteiger partial charge in [0, 0.05) is 0 Å². The zero-order valence-electron chi connectivity index (χ0n) is 9.65. The first-order valence-electron chi connectivity index (χ1n) is 6.22. The van der Waals surface area contributed by atoms with Crippen molar-refractivity contribution in [2.24, 2.45) is 5.92 Å². The average Bonchev–Trinajstić information content (AvgIpc) is 2.16. The summed E-state index contributed by atoms with van der Waals surface area (Å²) in [6, 6.07) is 0. The van der Waals surface area contributed by atoms with Crippen LogP contribution in [-0.4, -0.2) is 6.18 Å². The number of hydrogen-bond donors (Lipinski definition) is 0. The van der Waals surface area contributed by atoms with E-state index in [-0.39, 0.29) is 6.42 Å². The first-order chi connectivity index (χ1) is 7.61. The summed E-state index contributed by atoms with van der Waals surface area (Å²) >= 11 is 0. The van der Waals surface area contributed by atoms with E-state index in [0.29, 0.717) is 19.3 Å². The van der Waals surface area contributed by atoms with Gasteiger partial charge in [-0.2, -0.15) is 13.2 Å². The number of halogens is 3. The van der Waals surface area contributed by atoms with Crippen molar-refractivity contribution in [1.29, 1.82) is 0 Å². The molecule has 0 aliphatic heterocycles. The van der Waals surface area contributed by atoms with Gasteiger partial charge in [0.05, 0.1) is 5.92 Å². The van der Waals surface area contributed by atoms with E-state index in [9.17, 15) is 13.2 Å². The van der Waals surface area contributed by atoms with Crippen LogP contribution in [-0.2, 0) is 0 Å². The molecule has 0 bridgehead atoms. The van der Waals surface area contributed by atoms with Crippen molar-refractivity contribution in [3.8, 4) is 0 Å². The molecule has 0 amide bonds. The van der Waals surface area contributed by atoms with Gasteiger partial charge in [-0.05, 0) is 44.6 Å². The Hall–Kier alpha value is -0.470. The lowest BCUT2D eigenvalue weighted by atomic mass is 9.94. The highest BCUT2D eigenvalue weighted by Crippen LogP contribution is 2.34. The van der Waals surface area contributed by atoms with Crippen LogP contribution in [0.15, 0.2) is 6.08 Å². The summed E-state index contributed by atoms with van der Waals surface area (Å²) < 4.78 is 37.9. The summed E-state index contributed by atoms with van der Waals surface area (Å²) in [5.41, 5.74) is 0. The summed E-state index contributed by atoms with van der Waals surface area (Å²) in [7, 11) is 0. The minimum atomic E-state index is -4.01. The highest BCUT2D eigenvalue weighted by atomic mass is 19.4. The quantitative estimate of drug-likeness (QED) is 0.549. The Balaban J connectivity index is 2.44. The SMILES string of the molecule is FC(F)(F)C1CCC/[C]=C/CCCCCC1. The minimum Gasteiger partial charge on any atom is -0.171 e. The molecular weight excluding hydrogens is 213 g/mol. The van der Waals surface area contributed by atoms with Crippen molar-refractivity contribution >= 4 is 0 Å². The maximum absolute atomic E-state index is 12.6. The Kier molecular flexibility index (Phi) is 5.93. The second-order valence-electron chi connectivity index (χ2n) is 4.53. The summed E-state index contributed by atoms with van der Waals surface area (Å²) in [6.07, 6.45) is 7.75. The molecule has 1 unspecified atom stereocenters. The van der Waals surface area contributed by atoms with E-state index in [1.807, 2.05) is 6.08 Å². The molecule has 0 saturated carbocycles. The number of hydrogen-bond acceptors (Lipinski definition) is 0. The van der Waals surface area contributed by atoms with E-state index in [0.717, 1.165) is 32.1 Å². The maximum atomic E-state index is 12.6. The average molecular weight is 233 g/mol. The van der Waals surface area contributed by atoms with Crippen LogP contribution in [0.25, 0.3) is 0 Å². The highest BCUT2D eigenvalue weighted by molar-refractivity contribution is 4.76. The van der Waals surface area contributed by atoms with E-state index in [1.54, 1.807) is 0 Å². The fourth-order valence-electron chi connectivity index (χ4n) is 2.12. The smallest absolute Gasteiger partial charge is 0.171 e. The summed E-state index contributed by atoms with van der Waals surface area (Å²) in [4.78, 5) is 0. The number of allylic oxidation sites excluding steroid dienone is 2. The Labute approximate surface area is 95.9 Å². The van der Waals surface area contributed by atoms with Crippen LogP contribution in [0, 0.1) is 12.0 Å². The molecule has 16 heavy (non-hydrogen) atoms. The molecule has 1 aliphatic rings. The van der Waals surface area contributed by atoms with Crippen molar-refractivity contribution in [1.82, 2.24) is 0 Å². The van der Waals surface area contributed by atoms with Gasteiger partial charge in [0.25, 0.3) is 0 Å². The Morgan fingerprint density at radius 2 is 1.62 bits per heavy atom. The number of rotatable bonds is 0. The van der Waals surface area contributed by atoms with Gasteiger partial charge in [-0.25, -0.2) is 0 Å². The molecule has 0 aromatic carbocycles. The molecule has 0 fully saturated rings. The standard InChI is InChI=1S/C13H20F3/c14-13(15,16)12-10-8-6-4-2-1-3-5-7-9-11-12/h2,12H,1,3,5-11H2. The monoisotopic (exact) mass is 233 g/mol. The maximum Gasteiger partial charge on any atom is 0.391 e. The van der Waals surface area contributed by atoms with Gasteiger partial charge in [0.15, 0.2) is 0 Å². The van der Waals surface area contributed by atoms with Crippen molar-refractivity contribution in [3.63, 3.8) is 0 Å². The third-order valence-corrected chi connectivity index (χ3v) is 3.13. The van der Waals surface area contributed by atoms with Crippen molar-refractivity contribution in [2.45, 2.75) is 64.0 Å². The van der Waals surface area contributed by atoms with Crippen LogP contribution in [0.5, 0.6) is 0 Å². The molecule has 1 aliphatic carbocycles. The third-order valence-electron chi connectivity index (χ3n) is 3.13. The fourth-order valence-corrected chi connectivity index (χ4v) is 2.12. The van der Waals surface area contributed by atoms with E-state index in [4.69, 9.17) is 0 Å². The lowest BCUT2D eigenvalue weighted by Crippen LogP contribution is -2.22. The Morgan fingerprint density at radius 3 is 2.38 bits per heavy atom. The Morgan fingerprint density at radius 1 is 0.938 bits per heavy atom. The molecule has 0 nitrogen and oxygen atoms in total. The van der Waals surface area contributed by atoms with Crippen molar-refractivity contribution < 1.29 is 13.2 Å². The van der Waals surface area contributed by atoms with Crippen LogP contribution < -0.4 is 0 Å². The van der Waals surface area contributed by atoms with Crippen LogP contribution in [0.1, 0.15) is 57.8 Å². The van der Waals surface area contributed by atoms with Gasteiger partial charge < -0.3 is 0 Å². The predicted octanol–water partition coefficient (Wildman–Crippen LogP) is 5.05. The Bertz CT molecular complexity index is 206. The topological polar surface area (TPSA) is 0 Å². The van der Waals surface area contributed by atoms with Gasteiger partial charge >= 0.3 is 6.18 Å². The largest absolute Gasteiger partial charge is 0.391 e. The number of alkyl halides is 3. The van der Waals surface area contributed by atoms with Crippen molar-refractivity contribution in [3.05, 3.63) is 12.2 Å².